The SMILES string of the molecule is CN=C(NCCOc1ccc2c(c1)OCO2)NCc1ccc(C)cc1OCCOC. The summed E-state index contributed by atoms with van der Waals surface area (Å²) in [5.41, 5.74) is 2.20. The van der Waals surface area contributed by atoms with Crippen LogP contribution in [0.3, 0.4) is 0 Å². The van der Waals surface area contributed by atoms with E-state index >= 15 is 0 Å². The third-order valence-corrected chi connectivity index (χ3v) is 4.44. The number of nitrogens with zero attached hydrogens (tertiary/aromatic N) is 1. The van der Waals surface area contributed by atoms with Crippen LogP contribution in [0.5, 0.6) is 23.0 Å². The molecule has 0 fully saturated rings. The highest BCUT2D eigenvalue weighted by atomic mass is 16.7. The van der Waals surface area contributed by atoms with Crippen LogP contribution in [0.4, 0.5) is 0 Å². The predicted octanol–water partition coefficient (Wildman–Crippen LogP) is 2.49. The van der Waals surface area contributed by atoms with Crippen LogP contribution >= 0.6 is 0 Å². The normalized spacial score (nSPS) is 12.6. The zero-order valence-corrected chi connectivity index (χ0v) is 17.7. The van der Waals surface area contributed by atoms with Crippen molar-refractivity contribution in [1.29, 1.82) is 0 Å². The Morgan fingerprint density at radius 1 is 1.00 bits per heavy atom. The first kappa shape index (κ1) is 21.6. The minimum Gasteiger partial charge on any atom is -0.492 e. The van der Waals surface area contributed by atoms with Gasteiger partial charge in [0, 0.05) is 32.3 Å². The first-order valence-electron chi connectivity index (χ1n) is 9.88. The van der Waals surface area contributed by atoms with Gasteiger partial charge < -0.3 is 34.3 Å². The molecule has 3 rings (SSSR count). The highest BCUT2D eigenvalue weighted by molar-refractivity contribution is 5.79. The number of hydrogen-bond acceptors (Lipinski definition) is 6. The molecule has 0 aromatic heterocycles. The number of guanidine groups is 1. The summed E-state index contributed by atoms with van der Waals surface area (Å²) in [6.45, 7) is 5.02. The van der Waals surface area contributed by atoms with Crippen molar-refractivity contribution in [2.75, 3.05) is 47.3 Å². The first-order valence-corrected chi connectivity index (χ1v) is 9.88. The smallest absolute Gasteiger partial charge is 0.231 e. The third kappa shape index (κ3) is 6.18. The van der Waals surface area contributed by atoms with E-state index in [9.17, 15) is 0 Å². The van der Waals surface area contributed by atoms with Crippen LogP contribution in [0, 0.1) is 6.92 Å². The molecule has 2 aromatic rings. The lowest BCUT2D eigenvalue weighted by molar-refractivity contribution is 0.145. The Morgan fingerprint density at radius 3 is 2.70 bits per heavy atom. The Morgan fingerprint density at radius 2 is 1.87 bits per heavy atom. The second kappa shape index (κ2) is 11.2. The number of aryl methyl sites for hydroxylation is 1. The lowest BCUT2D eigenvalue weighted by atomic mass is 10.1. The number of rotatable bonds is 10. The van der Waals surface area contributed by atoms with E-state index in [0.29, 0.717) is 44.6 Å². The molecule has 1 aliphatic heterocycles. The van der Waals surface area contributed by atoms with E-state index in [2.05, 4.69) is 27.8 Å². The van der Waals surface area contributed by atoms with Gasteiger partial charge in [-0.25, -0.2) is 0 Å². The molecular weight excluding hydrogens is 386 g/mol. The number of hydrogen-bond donors (Lipinski definition) is 2. The number of benzene rings is 2. The molecule has 0 saturated carbocycles. The van der Waals surface area contributed by atoms with E-state index in [1.807, 2.05) is 31.2 Å². The minimum atomic E-state index is 0.252. The second-order valence-corrected chi connectivity index (χ2v) is 6.67. The molecule has 2 N–H and O–H groups in total. The number of ether oxygens (including phenoxy) is 5. The van der Waals surface area contributed by atoms with Crippen molar-refractivity contribution < 1.29 is 23.7 Å². The molecule has 0 radical (unpaired) electrons. The van der Waals surface area contributed by atoms with Gasteiger partial charge in [0.1, 0.15) is 24.7 Å². The lowest BCUT2D eigenvalue weighted by Gasteiger charge is -2.15. The van der Waals surface area contributed by atoms with E-state index < -0.39 is 0 Å². The lowest BCUT2D eigenvalue weighted by Crippen LogP contribution is -2.39. The van der Waals surface area contributed by atoms with Gasteiger partial charge in [0.15, 0.2) is 17.5 Å². The molecule has 0 unspecified atom stereocenters. The summed E-state index contributed by atoms with van der Waals surface area (Å²) >= 11 is 0. The summed E-state index contributed by atoms with van der Waals surface area (Å²) in [4.78, 5) is 4.26. The maximum atomic E-state index is 5.84. The minimum absolute atomic E-state index is 0.252. The van der Waals surface area contributed by atoms with Gasteiger partial charge in [0.05, 0.1) is 13.2 Å². The van der Waals surface area contributed by atoms with Crippen molar-refractivity contribution in [1.82, 2.24) is 10.6 Å². The van der Waals surface area contributed by atoms with Gasteiger partial charge in [-0.05, 0) is 30.7 Å². The quantitative estimate of drug-likeness (QED) is 0.350. The van der Waals surface area contributed by atoms with E-state index in [0.717, 1.165) is 28.4 Å². The predicted molar refractivity (Wildman–Crippen MR) is 115 cm³/mol. The number of nitrogens with one attached hydrogen (secondary N) is 2. The van der Waals surface area contributed by atoms with Crippen molar-refractivity contribution in [3.8, 4) is 23.0 Å². The van der Waals surface area contributed by atoms with Crippen LogP contribution in [0.25, 0.3) is 0 Å². The van der Waals surface area contributed by atoms with Crippen molar-refractivity contribution in [3.05, 3.63) is 47.5 Å². The van der Waals surface area contributed by atoms with Crippen molar-refractivity contribution in [3.63, 3.8) is 0 Å². The van der Waals surface area contributed by atoms with Gasteiger partial charge >= 0.3 is 0 Å². The number of fused-ring (bicyclic) bond motifs is 1. The zero-order chi connectivity index (χ0) is 21.2. The van der Waals surface area contributed by atoms with Crippen LogP contribution in [0.1, 0.15) is 11.1 Å². The first-order chi connectivity index (χ1) is 14.7. The highest BCUT2D eigenvalue weighted by Crippen LogP contribution is 2.34. The molecule has 0 saturated heterocycles. The average molecular weight is 415 g/mol. The molecule has 0 aliphatic carbocycles. The van der Waals surface area contributed by atoms with E-state index in [1.165, 1.54) is 0 Å². The Kier molecular flexibility index (Phi) is 8.02. The molecule has 30 heavy (non-hydrogen) atoms. The van der Waals surface area contributed by atoms with Gasteiger partial charge in [0.2, 0.25) is 6.79 Å². The van der Waals surface area contributed by atoms with Gasteiger partial charge in [-0.2, -0.15) is 0 Å². The van der Waals surface area contributed by atoms with Crippen LogP contribution in [0.15, 0.2) is 41.4 Å². The van der Waals surface area contributed by atoms with Crippen molar-refractivity contribution in [2.45, 2.75) is 13.5 Å². The fraction of sp³-hybridized carbons (Fsp3) is 0.409. The molecular formula is C22H29N3O5. The number of aliphatic imine (C=N–C) groups is 1. The summed E-state index contributed by atoms with van der Waals surface area (Å²) in [6.07, 6.45) is 0. The molecule has 8 nitrogen and oxygen atoms in total. The van der Waals surface area contributed by atoms with Crippen LogP contribution in [0.2, 0.25) is 0 Å². The molecule has 0 amide bonds. The summed E-state index contributed by atoms with van der Waals surface area (Å²) in [7, 11) is 3.40. The maximum Gasteiger partial charge on any atom is 0.231 e. The van der Waals surface area contributed by atoms with Crippen LogP contribution in [-0.4, -0.2) is 53.3 Å². The Labute approximate surface area is 177 Å². The standard InChI is InChI=1S/C22H29N3O5/c1-16-4-5-17(20(12-16)28-11-10-26-3)14-25-22(23-2)24-8-9-27-18-6-7-19-21(13-18)30-15-29-19/h4-7,12-13H,8-11,14-15H2,1-3H3,(H2,23,24,25). The average Bonchev–Trinajstić information content (AvgIpc) is 3.22. The third-order valence-electron chi connectivity index (χ3n) is 4.44. The Hall–Kier alpha value is -3.13. The van der Waals surface area contributed by atoms with Crippen molar-refractivity contribution in [2.24, 2.45) is 4.99 Å². The number of methoxy groups -OCH3 is 1. The van der Waals surface area contributed by atoms with E-state index in [1.54, 1.807) is 14.2 Å². The molecule has 1 heterocycles. The van der Waals surface area contributed by atoms with Crippen LogP contribution in [-0.2, 0) is 11.3 Å². The van der Waals surface area contributed by atoms with E-state index in [4.69, 9.17) is 23.7 Å². The Balaban J connectivity index is 1.43. The second-order valence-electron chi connectivity index (χ2n) is 6.67. The fourth-order valence-corrected chi connectivity index (χ4v) is 2.88. The molecule has 0 bridgehead atoms. The molecule has 162 valence electrons. The molecule has 2 aromatic carbocycles. The van der Waals surface area contributed by atoms with Gasteiger partial charge in [0.25, 0.3) is 0 Å². The molecule has 8 heteroatoms. The van der Waals surface area contributed by atoms with Crippen molar-refractivity contribution >= 4 is 5.96 Å². The molecule has 0 spiro atoms. The maximum absolute atomic E-state index is 5.84. The van der Waals surface area contributed by atoms with Gasteiger partial charge in [-0.1, -0.05) is 12.1 Å². The van der Waals surface area contributed by atoms with E-state index in [-0.39, 0.29) is 6.79 Å². The molecule has 0 atom stereocenters. The fourth-order valence-electron chi connectivity index (χ4n) is 2.88. The van der Waals surface area contributed by atoms with Gasteiger partial charge in [-0.3, -0.25) is 4.99 Å². The van der Waals surface area contributed by atoms with Gasteiger partial charge in [-0.15, -0.1) is 0 Å². The summed E-state index contributed by atoms with van der Waals surface area (Å²) < 4.78 is 27.3. The molecule has 1 aliphatic rings. The summed E-state index contributed by atoms with van der Waals surface area (Å²) in [6, 6.07) is 11.7. The monoisotopic (exact) mass is 415 g/mol. The Bertz CT molecular complexity index is 857. The largest absolute Gasteiger partial charge is 0.492 e. The summed E-state index contributed by atoms with van der Waals surface area (Å²) in [5, 5.41) is 6.55. The highest BCUT2D eigenvalue weighted by Gasteiger charge is 2.13. The zero-order valence-electron chi connectivity index (χ0n) is 17.7. The van der Waals surface area contributed by atoms with Crippen LogP contribution < -0.4 is 29.6 Å². The topological polar surface area (TPSA) is 82.6 Å². The summed E-state index contributed by atoms with van der Waals surface area (Å²) in [5.74, 6) is 3.72.